The molecule has 1 fully saturated rings. The zero-order chi connectivity index (χ0) is 26.1. The number of carbonyl (C=O) groups excluding carboxylic acids is 2. The molecule has 3 N–H and O–H groups in total. The minimum atomic E-state index is -5.08. The molecule has 10 heteroatoms. The number of alkyl halides is 3. The number of halogens is 3. The van der Waals surface area contributed by atoms with Gasteiger partial charge in [-0.3, -0.25) is 4.79 Å². The second-order valence-corrected chi connectivity index (χ2v) is 9.51. The molecule has 0 saturated heterocycles. The van der Waals surface area contributed by atoms with Gasteiger partial charge in [-0.05, 0) is 61.6 Å². The van der Waals surface area contributed by atoms with Gasteiger partial charge >= 0.3 is 18.1 Å². The third-order valence-corrected chi connectivity index (χ3v) is 5.91. The van der Waals surface area contributed by atoms with Crippen molar-refractivity contribution in [2.75, 3.05) is 7.11 Å². The lowest BCUT2D eigenvalue weighted by Crippen LogP contribution is -2.39. The summed E-state index contributed by atoms with van der Waals surface area (Å²) in [5.41, 5.74) is 2.11. The quantitative estimate of drug-likeness (QED) is 0.516. The van der Waals surface area contributed by atoms with Crippen molar-refractivity contribution in [2.45, 2.75) is 78.2 Å². The van der Waals surface area contributed by atoms with Gasteiger partial charge in [0, 0.05) is 18.2 Å². The van der Waals surface area contributed by atoms with E-state index in [9.17, 15) is 22.8 Å². The number of ether oxygens (including phenoxy) is 1. The van der Waals surface area contributed by atoms with Crippen molar-refractivity contribution in [3.05, 3.63) is 35.4 Å². The average molecular weight is 489 g/mol. The lowest BCUT2D eigenvalue weighted by atomic mass is 9.71. The van der Waals surface area contributed by atoms with Crippen LogP contribution in [-0.2, 0) is 20.9 Å². The van der Waals surface area contributed by atoms with Crippen molar-refractivity contribution in [1.82, 2.24) is 10.6 Å². The number of carboxylic acid groups (broad SMARTS) is 1. The Bertz CT molecular complexity index is 811. The van der Waals surface area contributed by atoms with E-state index in [0.29, 0.717) is 17.0 Å². The second-order valence-electron chi connectivity index (χ2n) is 9.51. The topological polar surface area (TPSA) is 105 Å². The van der Waals surface area contributed by atoms with Crippen LogP contribution in [0.1, 0.15) is 69.3 Å². The van der Waals surface area contributed by atoms with E-state index >= 15 is 0 Å². The van der Waals surface area contributed by atoms with Gasteiger partial charge in [0.15, 0.2) is 0 Å². The van der Waals surface area contributed by atoms with Crippen LogP contribution in [0.25, 0.3) is 0 Å². The number of rotatable bonds is 6. The Morgan fingerprint density at radius 3 is 1.97 bits per heavy atom. The first-order valence-electron chi connectivity index (χ1n) is 11.2. The van der Waals surface area contributed by atoms with Gasteiger partial charge in [0.25, 0.3) is 5.91 Å². The number of hydrogen-bond donors (Lipinski definition) is 3. The zero-order valence-corrected chi connectivity index (χ0v) is 20.3. The van der Waals surface area contributed by atoms with Crippen LogP contribution in [0.5, 0.6) is 0 Å². The Kier molecular flexibility index (Phi) is 11.0. The Balaban J connectivity index is 0.000000718. The van der Waals surface area contributed by atoms with Gasteiger partial charge in [0.1, 0.15) is 6.04 Å². The largest absolute Gasteiger partial charge is 0.490 e. The minimum Gasteiger partial charge on any atom is -0.475 e. The molecule has 0 heterocycles. The number of benzene rings is 1. The summed E-state index contributed by atoms with van der Waals surface area (Å²) in [6.45, 7) is 9.45. The third kappa shape index (κ3) is 10.1. The van der Waals surface area contributed by atoms with Crippen molar-refractivity contribution < 1.29 is 37.4 Å². The van der Waals surface area contributed by atoms with Crippen LogP contribution in [0.3, 0.4) is 0 Å². The fourth-order valence-corrected chi connectivity index (χ4v) is 3.72. The second kappa shape index (κ2) is 12.7. The summed E-state index contributed by atoms with van der Waals surface area (Å²) < 4.78 is 36.4. The highest BCUT2D eigenvalue weighted by Crippen LogP contribution is 2.37. The predicted molar refractivity (Wildman–Crippen MR) is 121 cm³/mol. The molecule has 1 aliphatic carbocycles. The molecule has 0 bridgehead atoms. The third-order valence-electron chi connectivity index (χ3n) is 5.91. The fraction of sp³-hybridized carbons (Fsp3) is 0.625. The van der Waals surface area contributed by atoms with Gasteiger partial charge in [0.2, 0.25) is 0 Å². The number of aliphatic carboxylic acids is 1. The Labute approximate surface area is 198 Å². The summed E-state index contributed by atoms with van der Waals surface area (Å²) in [5, 5.41) is 13.4. The lowest BCUT2D eigenvalue weighted by Gasteiger charge is -2.37. The van der Waals surface area contributed by atoms with Gasteiger partial charge in [0.05, 0.1) is 7.11 Å². The molecule has 0 radical (unpaired) electrons. The normalized spacial score (nSPS) is 19.3. The average Bonchev–Trinajstić information content (AvgIpc) is 2.76. The summed E-state index contributed by atoms with van der Waals surface area (Å²) in [6, 6.07) is 7.44. The Morgan fingerprint density at radius 1 is 1.06 bits per heavy atom. The van der Waals surface area contributed by atoms with E-state index in [0.717, 1.165) is 18.0 Å². The molecular weight excluding hydrogens is 453 g/mol. The first kappa shape index (κ1) is 29.4. The maximum absolute atomic E-state index is 12.2. The van der Waals surface area contributed by atoms with E-state index in [1.165, 1.54) is 32.8 Å². The zero-order valence-electron chi connectivity index (χ0n) is 20.3. The summed E-state index contributed by atoms with van der Waals surface area (Å²) in [6.07, 6.45) is -0.0427. The molecule has 7 nitrogen and oxygen atoms in total. The van der Waals surface area contributed by atoms with Gasteiger partial charge in [-0.1, -0.05) is 32.9 Å². The van der Waals surface area contributed by atoms with Crippen molar-refractivity contribution in [3.8, 4) is 0 Å². The van der Waals surface area contributed by atoms with E-state index in [-0.39, 0.29) is 5.91 Å². The molecule has 0 spiro atoms. The molecule has 34 heavy (non-hydrogen) atoms. The number of amides is 1. The van der Waals surface area contributed by atoms with Crippen LogP contribution < -0.4 is 10.6 Å². The molecule has 1 atom stereocenters. The predicted octanol–water partition coefficient (Wildman–Crippen LogP) is 4.31. The first-order valence-corrected chi connectivity index (χ1v) is 11.2. The number of hydrogen-bond acceptors (Lipinski definition) is 5. The van der Waals surface area contributed by atoms with Gasteiger partial charge in [-0.2, -0.15) is 13.2 Å². The summed E-state index contributed by atoms with van der Waals surface area (Å²) in [4.78, 5) is 32.5. The van der Waals surface area contributed by atoms with Crippen LogP contribution in [0.2, 0.25) is 0 Å². The van der Waals surface area contributed by atoms with Gasteiger partial charge in [-0.25, -0.2) is 9.59 Å². The molecule has 1 amide bonds. The smallest absolute Gasteiger partial charge is 0.475 e. The van der Waals surface area contributed by atoms with E-state index in [1.807, 2.05) is 12.1 Å². The molecule has 1 unspecified atom stereocenters. The van der Waals surface area contributed by atoms with E-state index in [1.54, 1.807) is 19.1 Å². The fourth-order valence-electron chi connectivity index (χ4n) is 3.72. The SMILES string of the molecule is COC(=O)C(C)NC(=O)c1ccc(CN[C@H]2CC[C@H](C(C)(C)C)CC2)cc1.O=C(O)C(F)(F)F. The lowest BCUT2D eigenvalue weighted by molar-refractivity contribution is -0.192. The standard InChI is InChI=1S/C22H34N2O3.C2HF3O2/c1-15(21(26)27-5)24-20(25)17-8-6-16(7-9-17)14-23-19-12-10-18(11-13-19)22(2,3)4;3-2(4,5)1(6)7/h6-9,15,18-19,23H,10-14H2,1-5H3,(H,24,25);(H,6,7)/t15?,18-,19-;. The minimum absolute atomic E-state index is 0.270. The van der Waals surface area contributed by atoms with Crippen LogP contribution >= 0.6 is 0 Å². The van der Waals surface area contributed by atoms with E-state index in [2.05, 4.69) is 36.1 Å². The highest BCUT2D eigenvalue weighted by atomic mass is 19.4. The molecule has 1 aliphatic rings. The number of nitrogens with one attached hydrogen (secondary N) is 2. The molecule has 2 rings (SSSR count). The van der Waals surface area contributed by atoms with Crippen molar-refractivity contribution in [2.24, 2.45) is 11.3 Å². The summed E-state index contributed by atoms with van der Waals surface area (Å²) in [7, 11) is 1.31. The molecule has 1 saturated carbocycles. The maximum atomic E-state index is 12.2. The summed E-state index contributed by atoms with van der Waals surface area (Å²) in [5.74, 6) is -2.66. The van der Waals surface area contributed by atoms with Crippen molar-refractivity contribution in [1.29, 1.82) is 0 Å². The van der Waals surface area contributed by atoms with Crippen LogP contribution in [-0.4, -0.2) is 48.3 Å². The van der Waals surface area contributed by atoms with Crippen LogP contribution in [0.15, 0.2) is 24.3 Å². The number of methoxy groups -OCH3 is 1. The molecule has 1 aromatic rings. The Hall–Kier alpha value is -2.62. The van der Waals surface area contributed by atoms with Crippen molar-refractivity contribution >= 4 is 17.8 Å². The molecule has 1 aromatic carbocycles. The monoisotopic (exact) mass is 488 g/mol. The highest BCUT2D eigenvalue weighted by Gasteiger charge is 2.38. The molecule has 0 aliphatic heterocycles. The number of carbonyl (C=O) groups is 3. The van der Waals surface area contributed by atoms with Gasteiger partial charge in [-0.15, -0.1) is 0 Å². The van der Waals surface area contributed by atoms with E-state index < -0.39 is 24.2 Å². The molecule has 192 valence electrons. The molecular formula is C24H35F3N2O5. The van der Waals surface area contributed by atoms with Crippen LogP contribution in [0, 0.1) is 11.3 Å². The summed E-state index contributed by atoms with van der Waals surface area (Å²) >= 11 is 0. The van der Waals surface area contributed by atoms with Gasteiger partial charge < -0.3 is 20.5 Å². The number of carboxylic acids is 1. The number of esters is 1. The van der Waals surface area contributed by atoms with E-state index in [4.69, 9.17) is 9.90 Å². The highest BCUT2D eigenvalue weighted by molar-refractivity contribution is 5.96. The Morgan fingerprint density at radius 2 is 1.56 bits per heavy atom. The first-order chi connectivity index (χ1) is 15.6. The maximum Gasteiger partial charge on any atom is 0.490 e. The van der Waals surface area contributed by atoms with Crippen molar-refractivity contribution in [3.63, 3.8) is 0 Å². The van der Waals surface area contributed by atoms with Crippen LogP contribution in [0.4, 0.5) is 13.2 Å². The molecule has 0 aromatic heterocycles.